The number of carbonyl (C=O) groups excluding carboxylic acids is 1. The zero-order valence-electron chi connectivity index (χ0n) is 13.9. The Morgan fingerprint density at radius 3 is 2.43 bits per heavy atom. The van der Waals surface area contributed by atoms with E-state index in [-0.39, 0.29) is 24.4 Å². The van der Waals surface area contributed by atoms with Gasteiger partial charge in [0, 0.05) is 18.6 Å². The van der Waals surface area contributed by atoms with Crippen LogP contribution in [0.4, 0.5) is 0 Å². The van der Waals surface area contributed by atoms with Crippen LogP contribution in [0.25, 0.3) is 0 Å². The van der Waals surface area contributed by atoms with Crippen LogP contribution in [-0.4, -0.2) is 31.9 Å². The van der Waals surface area contributed by atoms with Gasteiger partial charge in [-0.2, -0.15) is 0 Å². The number of allylic oxidation sites excluding steroid dienone is 2. The normalized spacial score (nSPS) is 26.2. The smallest absolute Gasteiger partial charge is 0.460 e. The fraction of sp³-hybridized carbons (Fsp3) is 0.812. The summed E-state index contributed by atoms with van der Waals surface area (Å²) in [7, 11) is -0.224. The second-order valence-electron chi connectivity index (χ2n) is 7.90. The third-order valence-electron chi connectivity index (χ3n) is 3.74. The van der Waals surface area contributed by atoms with Gasteiger partial charge in [-0.25, -0.2) is 0 Å². The van der Waals surface area contributed by atoms with E-state index in [4.69, 9.17) is 14.0 Å². The van der Waals surface area contributed by atoms with Crippen LogP contribution in [0, 0.1) is 11.3 Å². The van der Waals surface area contributed by atoms with E-state index in [0.717, 1.165) is 19.3 Å². The molecule has 1 fully saturated rings. The van der Waals surface area contributed by atoms with E-state index in [0.29, 0.717) is 13.2 Å². The van der Waals surface area contributed by atoms with Crippen LogP contribution in [0.2, 0.25) is 0 Å². The minimum absolute atomic E-state index is 0.0343. The van der Waals surface area contributed by atoms with Crippen LogP contribution >= 0.6 is 0 Å². The van der Waals surface area contributed by atoms with Crippen molar-refractivity contribution in [1.29, 1.82) is 0 Å². The Morgan fingerprint density at radius 2 is 1.95 bits per heavy atom. The van der Waals surface area contributed by atoms with E-state index in [9.17, 15) is 4.79 Å². The van der Waals surface area contributed by atoms with Gasteiger partial charge in [0.1, 0.15) is 5.60 Å². The topological polar surface area (TPSA) is 44.8 Å². The van der Waals surface area contributed by atoms with E-state index in [1.54, 1.807) is 0 Å². The van der Waals surface area contributed by atoms with Gasteiger partial charge in [-0.1, -0.05) is 19.9 Å². The van der Waals surface area contributed by atoms with Crippen LogP contribution in [-0.2, 0) is 18.8 Å². The number of hydrogen-bond donors (Lipinski definition) is 0. The molecule has 1 aliphatic carbocycles. The number of hydrogen-bond acceptors (Lipinski definition) is 4. The second-order valence-corrected chi connectivity index (χ2v) is 7.90. The number of carbonyl (C=O) groups is 1. The fourth-order valence-electron chi connectivity index (χ4n) is 2.57. The average molecular weight is 294 g/mol. The van der Waals surface area contributed by atoms with Gasteiger partial charge >= 0.3 is 13.1 Å². The Kier molecular flexibility index (Phi) is 4.84. The fourth-order valence-corrected chi connectivity index (χ4v) is 2.57. The quantitative estimate of drug-likeness (QED) is 0.579. The molecule has 0 saturated carbocycles. The molecule has 2 rings (SSSR count). The molecule has 4 nitrogen and oxygen atoms in total. The van der Waals surface area contributed by atoms with Gasteiger partial charge in [-0.15, -0.1) is 0 Å². The van der Waals surface area contributed by atoms with Gasteiger partial charge in [0.05, 0.1) is 5.92 Å². The molecule has 0 N–H and O–H groups in total. The lowest BCUT2D eigenvalue weighted by molar-refractivity contribution is -0.160. The molecular weight excluding hydrogens is 267 g/mol. The molecular formula is C16H27BO4. The Morgan fingerprint density at radius 1 is 1.33 bits per heavy atom. The van der Waals surface area contributed by atoms with Gasteiger partial charge in [0.25, 0.3) is 0 Å². The van der Waals surface area contributed by atoms with Crippen molar-refractivity contribution in [3.05, 3.63) is 11.5 Å². The first-order valence-corrected chi connectivity index (χ1v) is 7.81. The monoisotopic (exact) mass is 294 g/mol. The molecule has 0 aromatic rings. The Hall–Kier alpha value is -0.805. The highest BCUT2D eigenvalue weighted by Gasteiger charge is 2.37. The van der Waals surface area contributed by atoms with Crippen molar-refractivity contribution in [3.63, 3.8) is 0 Å². The molecule has 5 heteroatoms. The van der Waals surface area contributed by atoms with Crippen molar-refractivity contribution in [1.82, 2.24) is 0 Å². The van der Waals surface area contributed by atoms with Crippen LogP contribution in [0.3, 0.4) is 0 Å². The molecule has 0 aromatic heterocycles. The lowest BCUT2D eigenvalue weighted by Gasteiger charge is -2.35. The molecule has 1 heterocycles. The largest absolute Gasteiger partial charge is 0.489 e. The SMILES string of the molecule is CC1(C)COB(C2=CCC(C(=O)OC(C)(C)C)CC2)OC1. The number of ether oxygens (including phenoxy) is 1. The first kappa shape index (κ1) is 16.6. The highest BCUT2D eigenvalue weighted by Crippen LogP contribution is 2.31. The van der Waals surface area contributed by atoms with E-state index in [2.05, 4.69) is 19.9 Å². The molecule has 0 aromatic carbocycles. The maximum absolute atomic E-state index is 12.1. The molecule has 0 radical (unpaired) electrons. The van der Waals surface area contributed by atoms with Crippen LogP contribution in [0.15, 0.2) is 11.5 Å². The lowest BCUT2D eigenvalue weighted by Crippen LogP contribution is -2.42. The van der Waals surface area contributed by atoms with Gasteiger partial charge in [-0.05, 0) is 45.5 Å². The zero-order chi connectivity index (χ0) is 15.7. The molecule has 21 heavy (non-hydrogen) atoms. The molecule has 2 aliphatic rings. The van der Waals surface area contributed by atoms with Crippen molar-refractivity contribution >= 4 is 13.1 Å². The molecule has 1 atom stereocenters. The molecule has 1 unspecified atom stereocenters. The molecule has 0 spiro atoms. The van der Waals surface area contributed by atoms with Crippen molar-refractivity contribution < 1.29 is 18.8 Å². The van der Waals surface area contributed by atoms with Crippen molar-refractivity contribution in [2.45, 2.75) is 59.5 Å². The summed E-state index contributed by atoms with van der Waals surface area (Å²) in [5, 5.41) is 0. The Balaban J connectivity index is 1.86. The Bertz CT molecular complexity index is 412. The van der Waals surface area contributed by atoms with Crippen molar-refractivity contribution in [3.8, 4) is 0 Å². The highest BCUT2D eigenvalue weighted by molar-refractivity contribution is 6.53. The summed E-state index contributed by atoms with van der Waals surface area (Å²) < 4.78 is 17.1. The Labute approximate surface area is 128 Å². The zero-order valence-corrected chi connectivity index (χ0v) is 13.9. The molecule has 0 bridgehead atoms. The average Bonchev–Trinajstić information content (AvgIpc) is 2.37. The second kappa shape index (κ2) is 6.13. The first-order chi connectivity index (χ1) is 9.66. The lowest BCUT2D eigenvalue weighted by atomic mass is 9.69. The highest BCUT2D eigenvalue weighted by atomic mass is 16.6. The van der Waals surface area contributed by atoms with Crippen LogP contribution in [0.5, 0.6) is 0 Å². The molecule has 118 valence electrons. The summed E-state index contributed by atoms with van der Waals surface area (Å²) >= 11 is 0. The van der Waals surface area contributed by atoms with Crippen LogP contribution < -0.4 is 0 Å². The van der Waals surface area contributed by atoms with E-state index < -0.39 is 5.60 Å². The number of rotatable bonds is 2. The van der Waals surface area contributed by atoms with E-state index >= 15 is 0 Å². The summed E-state index contributed by atoms with van der Waals surface area (Å²) in [6, 6.07) is 0. The standard InChI is InChI=1S/C16H27BO4/c1-15(2,3)21-14(18)12-6-8-13(9-7-12)17-19-10-16(4,5)11-20-17/h8,12H,6-7,9-11H2,1-5H3. The summed E-state index contributed by atoms with van der Waals surface area (Å²) in [4.78, 5) is 12.1. The summed E-state index contributed by atoms with van der Waals surface area (Å²) in [5.74, 6) is -0.127. The van der Waals surface area contributed by atoms with Gasteiger partial charge in [0.2, 0.25) is 0 Å². The van der Waals surface area contributed by atoms with E-state index in [1.165, 1.54) is 5.47 Å². The molecule has 0 amide bonds. The predicted octanol–water partition coefficient (Wildman–Crippen LogP) is 3.16. The third-order valence-corrected chi connectivity index (χ3v) is 3.74. The maximum Gasteiger partial charge on any atom is 0.489 e. The minimum atomic E-state index is -0.414. The van der Waals surface area contributed by atoms with Crippen molar-refractivity contribution in [2.24, 2.45) is 11.3 Å². The summed E-state index contributed by atoms with van der Waals surface area (Å²) in [6.07, 6.45) is 4.47. The predicted molar refractivity (Wildman–Crippen MR) is 82.7 cm³/mol. The summed E-state index contributed by atoms with van der Waals surface area (Å²) in [6.45, 7) is 11.4. The third kappa shape index (κ3) is 4.85. The summed E-state index contributed by atoms with van der Waals surface area (Å²) in [5.41, 5.74) is 0.845. The molecule has 1 saturated heterocycles. The van der Waals surface area contributed by atoms with Gasteiger partial charge in [0.15, 0.2) is 0 Å². The van der Waals surface area contributed by atoms with Gasteiger partial charge in [-0.3, -0.25) is 4.79 Å². The van der Waals surface area contributed by atoms with Crippen molar-refractivity contribution in [2.75, 3.05) is 13.2 Å². The maximum atomic E-state index is 12.1. The number of esters is 1. The van der Waals surface area contributed by atoms with Gasteiger partial charge < -0.3 is 14.0 Å². The first-order valence-electron chi connectivity index (χ1n) is 7.81. The van der Waals surface area contributed by atoms with Crippen LogP contribution in [0.1, 0.15) is 53.9 Å². The minimum Gasteiger partial charge on any atom is -0.460 e. The molecule has 1 aliphatic heterocycles. The van der Waals surface area contributed by atoms with E-state index in [1.807, 2.05) is 20.8 Å².